The zero-order chi connectivity index (χ0) is 14.5. The first-order chi connectivity index (χ1) is 9.65. The Hall–Kier alpha value is -1.22. The molecule has 0 unspecified atom stereocenters. The van der Waals surface area contributed by atoms with Gasteiger partial charge in [-0.3, -0.25) is 9.59 Å². The highest BCUT2D eigenvalue weighted by atomic mass is 32.1. The molecule has 8 heteroatoms. The number of thiol groups is 2. The Morgan fingerprint density at radius 3 is 3.10 bits per heavy atom. The van der Waals surface area contributed by atoms with E-state index in [1.807, 2.05) is 0 Å². The van der Waals surface area contributed by atoms with Crippen molar-refractivity contribution in [3.63, 3.8) is 0 Å². The lowest BCUT2D eigenvalue weighted by Gasteiger charge is -2.25. The first kappa shape index (κ1) is 15.2. The molecule has 2 heterocycles. The van der Waals surface area contributed by atoms with Crippen LogP contribution in [0.15, 0.2) is 22.3 Å². The first-order valence-electron chi connectivity index (χ1n) is 6.04. The summed E-state index contributed by atoms with van der Waals surface area (Å²) in [4.78, 5) is 26.6. The van der Waals surface area contributed by atoms with Crippen molar-refractivity contribution >= 4 is 31.4 Å². The van der Waals surface area contributed by atoms with Crippen LogP contribution in [-0.2, 0) is 17.2 Å². The lowest BCUT2D eigenvalue weighted by Crippen LogP contribution is -2.34. The van der Waals surface area contributed by atoms with Gasteiger partial charge in [0.1, 0.15) is 5.56 Å². The first-order valence-corrected chi connectivity index (χ1v) is 6.93. The Balaban J connectivity index is 2.22. The summed E-state index contributed by atoms with van der Waals surface area (Å²) in [6.45, 7) is 1.45. The number of aromatic nitrogens is 1. The quantitative estimate of drug-likeness (QED) is 0.487. The highest BCUT2D eigenvalue weighted by molar-refractivity contribution is 7.83. The number of hydrogen-bond donors (Lipinski definition) is 4. The normalized spacial score (nSPS) is 15.3. The molecule has 108 valence electrons. The molecular weight excluding hydrogens is 298 g/mol. The van der Waals surface area contributed by atoms with E-state index in [4.69, 9.17) is 4.28 Å². The van der Waals surface area contributed by atoms with Crippen LogP contribution in [0.4, 0.5) is 0 Å². The number of carbonyl (C=O) groups excluding carboxylic acids is 1. The number of rotatable bonds is 4. The van der Waals surface area contributed by atoms with Crippen molar-refractivity contribution in [3.8, 4) is 0 Å². The number of fused-ring (bicyclic) bond motifs is 1. The number of aromatic amines is 1. The van der Waals surface area contributed by atoms with Gasteiger partial charge in [-0.2, -0.15) is 17.7 Å². The highest BCUT2D eigenvalue weighted by Gasteiger charge is 2.20. The van der Waals surface area contributed by atoms with Gasteiger partial charge in [0.05, 0.1) is 6.54 Å². The van der Waals surface area contributed by atoms with Crippen molar-refractivity contribution < 1.29 is 9.08 Å². The van der Waals surface area contributed by atoms with Crippen LogP contribution in [0.3, 0.4) is 0 Å². The van der Waals surface area contributed by atoms with Crippen LogP contribution >= 0.6 is 25.5 Å². The van der Waals surface area contributed by atoms with Gasteiger partial charge in [-0.1, -0.05) is 6.08 Å². The number of hydrogen-bond acceptors (Lipinski definition) is 6. The summed E-state index contributed by atoms with van der Waals surface area (Å²) in [6.07, 6.45) is 2.32. The minimum atomic E-state index is -0.413. The van der Waals surface area contributed by atoms with E-state index in [1.54, 1.807) is 17.2 Å². The Labute approximate surface area is 127 Å². The Morgan fingerprint density at radius 2 is 2.40 bits per heavy atom. The van der Waals surface area contributed by atoms with Crippen LogP contribution in [0.25, 0.3) is 0 Å². The Kier molecular flexibility index (Phi) is 5.30. The standard InChI is InChI=1S/C12H15N3O3S2/c16-11(13-3-1-5-19)9-6-8-7-15(18-20)4-2-10(8)14-12(9)17/h1,5-6,19-20H,2-4,7H2,(H,13,16)(H,14,17)/b5-1+. The van der Waals surface area contributed by atoms with Crippen molar-refractivity contribution in [3.05, 3.63) is 44.7 Å². The fourth-order valence-electron chi connectivity index (χ4n) is 2.02. The van der Waals surface area contributed by atoms with Crippen molar-refractivity contribution in [2.45, 2.75) is 13.0 Å². The van der Waals surface area contributed by atoms with Crippen LogP contribution in [0.2, 0.25) is 0 Å². The van der Waals surface area contributed by atoms with Gasteiger partial charge >= 0.3 is 0 Å². The molecule has 1 aromatic heterocycles. The smallest absolute Gasteiger partial charge is 0.261 e. The van der Waals surface area contributed by atoms with Gasteiger partial charge < -0.3 is 10.3 Å². The maximum atomic E-state index is 11.9. The molecule has 6 nitrogen and oxygen atoms in total. The molecule has 1 aromatic rings. The largest absolute Gasteiger partial charge is 0.348 e. The minimum absolute atomic E-state index is 0.0947. The SMILES string of the molecule is O=C(NC/C=C/S)c1cc2c([nH]c1=O)CCN(OS)C2. The number of pyridine rings is 1. The van der Waals surface area contributed by atoms with E-state index in [0.717, 1.165) is 11.3 Å². The summed E-state index contributed by atoms with van der Waals surface area (Å²) in [5.74, 6) is -0.413. The molecule has 20 heavy (non-hydrogen) atoms. The third-order valence-electron chi connectivity index (χ3n) is 3.02. The van der Waals surface area contributed by atoms with E-state index in [2.05, 4.69) is 35.8 Å². The van der Waals surface area contributed by atoms with E-state index in [1.165, 1.54) is 5.41 Å². The van der Waals surface area contributed by atoms with Gasteiger partial charge in [-0.05, 0) is 29.9 Å². The lowest BCUT2D eigenvalue weighted by molar-refractivity contribution is -0.0483. The number of nitrogens with zero attached hydrogens (tertiary/aromatic N) is 1. The summed E-state index contributed by atoms with van der Waals surface area (Å²) < 4.78 is 4.88. The molecule has 1 aliphatic heterocycles. The average molecular weight is 313 g/mol. The summed E-state index contributed by atoms with van der Waals surface area (Å²) in [5.41, 5.74) is 1.41. The molecule has 2 rings (SSSR count). The highest BCUT2D eigenvalue weighted by Crippen LogP contribution is 2.17. The molecule has 1 aliphatic rings. The predicted molar refractivity (Wildman–Crippen MR) is 81.7 cm³/mol. The molecule has 0 atom stereocenters. The molecule has 0 aliphatic carbocycles. The van der Waals surface area contributed by atoms with Crippen LogP contribution < -0.4 is 10.9 Å². The molecule has 0 fully saturated rings. The second-order valence-corrected chi connectivity index (χ2v) is 4.77. The van der Waals surface area contributed by atoms with Crippen molar-refractivity contribution in [2.24, 2.45) is 0 Å². The summed E-state index contributed by atoms with van der Waals surface area (Å²) >= 11 is 7.65. The van der Waals surface area contributed by atoms with Gasteiger partial charge in [0, 0.05) is 25.2 Å². The van der Waals surface area contributed by atoms with Crippen LogP contribution in [0.5, 0.6) is 0 Å². The van der Waals surface area contributed by atoms with Gasteiger partial charge in [0.2, 0.25) is 0 Å². The number of nitrogens with one attached hydrogen (secondary N) is 2. The van der Waals surface area contributed by atoms with Gasteiger partial charge in [0.25, 0.3) is 11.5 Å². The zero-order valence-corrected chi connectivity index (χ0v) is 12.4. The van der Waals surface area contributed by atoms with Crippen molar-refractivity contribution in [2.75, 3.05) is 13.1 Å². The second kappa shape index (κ2) is 6.98. The van der Waals surface area contributed by atoms with E-state index >= 15 is 0 Å². The van der Waals surface area contributed by atoms with E-state index < -0.39 is 5.91 Å². The number of H-pyrrole nitrogens is 1. The van der Waals surface area contributed by atoms with E-state index in [0.29, 0.717) is 26.1 Å². The predicted octanol–water partition coefficient (Wildman–Crippen LogP) is 0.683. The number of amides is 1. The molecular formula is C12H15N3O3S2. The molecule has 2 N–H and O–H groups in total. The van der Waals surface area contributed by atoms with E-state index in [9.17, 15) is 9.59 Å². The van der Waals surface area contributed by atoms with Gasteiger partial charge in [-0.15, -0.1) is 0 Å². The number of carbonyl (C=O) groups is 1. The molecule has 0 bridgehead atoms. The fraction of sp³-hybridized carbons (Fsp3) is 0.333. The van der Waals surface area contributed by atoms with Crippen LogP contribution in [-0.4, -0.2) is 29.0 Å². The third kappa shape index (κ3) is 3.45. The van der Waals surface area contributed by atoms with Crippen molar-refractivity contribution in [1.82, 2.24) is 15.4 Å². The monoisotopic (exact) mass is 313 g/mol. The number of hydroxylamine groups is 2. The van der Waals surface area contributed by atoms with Crippen LogP contribution in [0, 0.1) is 0 Å². The third-order valence-corrected chi connectivity index (χ3v) is 3.46. The topological polar surface area (TPSA) is 74.4 Å². The molecule has 0 spiro atoms. The maximum Gasteiger partial charge on any atom is 0.261 e. The Morgan fingerprint density at radius 1 is 1.60 bits per heavy atom. The molecule has 0 saturated carbocycles. The summed E-state index contributed by atoms with van der Waals surface area (Å²) in [5, 5.41) is 5.79. The van der Waals surface area contributed by atoms with Gasteiger partial charge in [-0.25, -0.2) is 4.28 Å². The Bertz CT molecular complexity index is 586. The van der Waals surface area contributed by atoms with Crippen LogP contribution in [0.1, 0.15) is 21.6 Å². The van der Waals surface area contributed by atoms with E-state index in [-0.39, 0.29) is 11.1 Å². The molecule has 0 saturated heterocycles. The maximum absolute atomic E-state index is 11.9. The average Bonchev–Trinajstić information content (AvgIpc) is 2.46. The fourth-order valence-corrected chi connectivity index (χ4v) is 2.26. The lowest BCUT2D eigenvalue weighted by atomic mass is 10.0. The molecule has 0 aromatic carbocycles. The minimum Gasteiger partial charge on any atom is -0.348 e. The zero-order valence-electron chi connectivity index (χ0n) is 10.6. The van der Waals surface area contributed by atoms with Gasteiger partial charge in [0.15, 0.2) is 0 Å². The van der Waals surface area contributed by atoms with Crippen molar-refractivity contribution in [1.29, 1.82) is 0 Å². The molecule has 1 amide bonds. The second-order valence-electron chi connectivity index (χ2n) is 4.31. The summed E-state index contributed by atoms with van der Waals surface area (Å²) in [7, 11) is 0. The summed E-state index contributed by atoms with van der Waals surface area (Å²) in [6, 6.07) is 1.60. The molecule has 0 radical (unpaired) electrons.